The van der Waals surface area contributed by atoms with E-state index in [1.807, 2.05) is 11.7 Å². The average molecular weight is 437 g/mol. The second-order valence-corrected chi connectivity index (χ2v) is 7.02. The van der Waals surface area contributed by atoms with E-state index in [4.69, 9.17) is 0 Å². The predicted octanol–water partition coefficient (Wildman–Crippen LogP) is 4.40. The highest BCUT2D eigenvalue weighted by atomic mass is 127. The number of nitrogens with one attached hydrogen (secondary N) is 1. The summed E-state index contributed by atoms with van der Waals surface area (Å²) in [5, 5.41) is 3.55. The van der Waals surface area contributed by atoms with Crippen LogP contribution in [0.25, 0.3) is 0 Å². The lowest BCUT2D eigenvalue weighted by molar-refractivity contribution is 0.551. The highest BCUT2D eigenvalue weighted by molar-refractivity contribution is 14.1. The Morgan fingerprint density at radius 3 is 3.00 bits per heavy atom. The van der Waals surface area contributed by atoms with E-state index in [1.54, 1.807) is 11.3 Å². The van der Waals surface area contributed by atoms with Crippen LogP contribution >= 0.6 is 49.9 Å². The Hall–Kier alpha value is 0.0200. The van der Waals surface area contributed by atoms with Gasteiger partial charge in [-0.1, -0.05) is 22.9 Å². The third-order valence-electron chi connectivity index (χ3n) is 2.67. The number of hydrogen-bond acceptors (Lipinski definition) is 3. The molecule has 0 fully saturated rings. The van der Waals surface area contributed by atoms with Crippen molar-refractivity contribution in [2.24, 2.45) is 0 Å². The molecule has 1 heterocycles. The molecule has 0 aliphatic heterocycles. The van der Waals surface area contributed by atoms with E-state index in [-0.39, 0.29) is 0 Å². The third-order valence-corrected chi connectivity index (χ3v) is 4.87. The highest BCUT2D eigenvalue weighted by Crippen LogP contribution is 2.28. The molecule has 2 rings (SSSR count). The summed E-state index contributed by atoms with van der Waals surface area (Å²) < 4.78 is 2.43. The summed E-state index contributed by atoms with van der Waals surface area (Å²) in [7, 11) is 0. The molecule has 1 unspecified atom stereocenters. The lowest BCUT2D eigenvalue weighted by Crippen LogP contribution is -2.23. The van der Waals surface area contributed by atoms with Crippen LogP contribution in [0.4, 0.5) is 0 Å². The summed E-state index contributed by atoms with van der Waals surface area (Å²) in [6, 6.07) is 6.80. The van der Waals surface area contributed by atoms with Crippen LogP contribution in [0, 0.1) is 3.57 Å². The molecule has 1 N–H and O–H groups in total. The molecule has 0 saturated heterocycles. The van der Waals surface area contributed by atoms with Crippen molar-refractivity contribution in [2.75, 3.05) is 6.54 Å². The monoisotopic (exact) mass is 436 g/mol. The van der Waals surface area contributed by atoms with Crippen molar-refractivity contribution in [1.82, 2.24) is 10.3 Å². The van der Waals surface area contributed by atoms with Gasteiger partial charge in [0.05, 0.1) is 5.51 Å². The van der Waals surface area contributed by atoms with E-state index >= 15 is 0 Å². The number of likely N-dealkylation sites (N-methyl/N-ethyl adjacent to an activating group) is 1. The molecule has 5 heteroatoms. The minimum Gasteiger partial charge on any atom is -0.310 e. The van der Waals surface area contributed by atoms with Gasteiger partial charge in [0.2, 0.25) is 0 Å². The van der Waals surface area contributed by atoms with E-state index in [2.05, 4.69) is 73.9 Å². The number of nitrogens with zero attached hydrogens (tertiary/aromatic N) is 1. The van der Waals surface area contributed by atoms with E-state index in [1.165, 1.54) is 18.5 Å². The molecule has 0 amide bonds. The van der Waals surface area contributed by atoms with Gasteiger partial charge in [0.1, 0.15) is 0 Å². The van der Waals surface area contributed by atoms with Crippen LogP contribution in [0.2, 0.25) is 0 Å². The minimum atomic E-state index is 0.333. The molecule has 1 atom stereocenters. The highest BCUT2D eigenvalue weighted by Gasteiger charge is 2.15. The number of aromatic nitrogens is 1. The molecule has 18 heavy (non-hydrogen) atoms. The van der Waals surface area contributed by atoms with E-state index in [0.717, 1.165) is 13.0 Å². The molecular weight excluding hydrogens is 423 g/mol. The van der Waals surface area contributed by atoms with Crippen LogP contribution in [-0.4, -0.2) is 11.5 Å². The van der Waals surface area contributed by atoms with Crippen molar-refractivity contribution < 1.29 is 0 Å². The van der Waals surface area contributed by atoms with Gasteiger partial charge in [-0.05, 0) is 52.9 Å². The first-order valence-corrected chi connectivity index (χ1v) is 8.51. The number of hydrogen-bond donors (Lipinski definition) is 1. The maximum absolute atomic E-state index is 4.15. The Morgan fingerprint density at radius 2 is 2.33 bits per heavy atom. The summed E-state index contributed by atoms with van der Waals surface area (Å²) in [4.78, 5) is 5.46. The van der Waals surface area contributed by atoms with Gasteiger partial charge in [-0.2, -0.15) is 0 Å². The first-order chi connectivity index (χ1) is 8.70. The van der Waals surface area contributed by atoms with Gasteiger partial charge >= 0.3 is 0 Å². The lowest BCUT2D eigenvalue weighted by Gasteiger charge is -2.19. The topological polar surface area (TPSA) is 24.9 Å². The molecule has 0 saturated carbocycles. The normalized spacial score (nSPS) is 12.6. The average Bonchev–Trinajstić information content (AvgIpc) is 2.85. The molecule has 2 aromatic rings. The number of halogens is 2. The van der Waals surface area contributed by atoms with Gasteiger partial charge in [-0.25, -0.2) is 0 Å². The zero-order chi connectivity index (χ0) is 13.0. The standard InChI is InChI=1S/C13H14BrIN2S/c1-2-17-13(6-10-7-16-8-18-10)11-5-9(15)3-4-12(11)14/h3-5,7-8,13,17H,2,6H2,1H3. The zero-order valence-corrected chi connectivity index (χ0v) is 14.5. The second-order valence-electron chi connectivity index (χ2n) is 3.95. The van der Waals surface area contributed by atoms with Crippen molar-refractivity contribution in [2.45, 2.75) is 19.4 Å². The van der Waals surface area contributed by atoms with Crippen molar-refractivity contribution in [3.63, 3.8) is 0 Å². The summed E-state index contributed by atoms with van der Waals surface area (Å²) >= 11 is 7.72. The number of rotatable bonds is 5. The van der Waals surface area contributed by atoms with Crippen LogP contribution in [0.3, 0.4) is 0 Å². The van der Waals surface area contributed by atoms with Crippen molar-refractivity contribution in [3.05, 3.63) is 48.4 Å². The van der Waals surface area contributed by atoms with E-state index < -0.39 is 0 Å². The zero-order valence-electron chi connectivity index (χ0n) is 9.99. The van der Waals surface area contributed by atoms with Gasteiger partial charge in [-0.15, -0.1) is 11.3 Å². The number of benzene rings is 1. The summed E-state index contributed by atoms with van der Waals surface area (Å²) in [5.41, 5.74) is 3.21. The third kappa shape index (κ3) is 3.76. The molecule has 0 aliphatic rings. The van der Waals surface area contributed by atoms with Gasteiger partial charge in [0, 0.05) is 31.6 Å². The maximum Gasteiger partial charge on any atom is 0.0794 e. The summed E-state index contributed by atoms with van der Waals surface area (Å²) in [6.07, 6.45) is 2.94. The molecule has 0 bridgehead atoms. The van der Waals surface area contributed by atoms with Crippen LogP contribution < -0.4 is 5.32 Å². The van der Waals surface area contributed by atoms with E-state index in [0.29, 0.717) is 6.04 Å². The maximum atomic E-state index is 4.15. The fraction of sp³-hybridized carbons (Fsp3) is 0.308. The number of thiazole rings is 1. The minimum absolute atomic E-state index is 0.333. The van der Waals surface area contributed by atoms with Gasteiger partial charge < -0.3 is 5.32 Å². The van der Waals surface area contributed by atoms with Crippen LogP contribution in [0.5, 0.6) is 0 Å². The van der Waals surface area contributed by atoms with Gasteiger partial charge in [-0.3, -0.25) is 4.98 Å². The van der Waals surface area contributed by atoms with Gasteiger partial charge in [0.25, 0.3) is 0 Å². The molecule has 1 aromatic heterocycles. The Kier molecular flexibility index (Phi) is 5.59. The predicted molar refractivity (Wildman–Crippen MR) is 89.1 cm³/mol. The quantitative estimate of drug-likeness (QED) is 0.702. The first kappa shape index (κ1) is 14.4. The largest absolute Gasteiger partial charge is 0.310 e. The van der Waals surface area contributed by atoms with Crippen LogP contribution in [0.15, 0.2) is 34.4 Å². The molecule has 0 aliphatic carbocycles. The Bertz CT molecular complexity index is 502. The van der Waals surface area contributed by atoms with E-state index in [9.17, 15) is 0 Å². The molecular formula is C13H14BrIN2S. The second kappa shape index (κ2) is 6.98. The molecule has 1 aromatic carbocycles. The van der Waals surface area contributed by atoms with Crippen molar-refractivity contribution in [1.29, 1.82) is 0 Å². The molecule has 0 radical (unpaired) electrons. The fourth-order valence-electron chi connectivity index (χ4n) is 1.86. The Labute approximate surface area is 133 Å². The fourth-order valence-corrected chi connectivity index (χ4v) is 3.54. The molecule has 2 nitrogen and oxygen atoms in total. The van der Waals surface area contributed by atoms with Crippen LogP contribution in [-0.2, 0) is 6.42 Å². The Morgan fingerprint density at radius 1 is 1.50 bits per heavy atom. The molecule has 96 valence electrons. The molecule has 0 spiro atoms. The van der Waals surface area contributed by atoms with Crippen LogP contribution in [0.1, 0.15) is 23.4 Å². The smallest absolute Gasteiger partial charge is 0.0794 e. The summed E-state index contributed by atoms with van der Waals surface area (Å²) in [5.74, 6) is 0. The van der Waals surface area contributed by atoms with Gasteiger partial charge in [0.15, 0.2) is 0 Å². The first-order valence-electron chi connectivity index (χ1n) is 5.76. The SMILES string of the molecule is CCNC(Cc1cncs1)c1cc(I)ccc1Br. The summed E-state index contributed by atoms with van der Waals surface area (Å²) in [6.45, 7) is 3.10. The lowest BCUT2D eigenvalue weighted by atomic mass is 10.0. The van der Waals surface area contributed by atoms with Crippen molar-refractivity contribution >= 4 is 49.9 Å². The Balaban J connectivity index is 2.26. The van der Waals surface area contributed by atoms with Crippen molar-refractivity contribution in [3.8, 4) is 0 Å².